The van der Waals surface area contributed by atoms with E-state index in [1.54, 1.807) is 6.92 Å². The Bertz CT molecular complexity index is 343. The molecule has 102 valence electrons. The molecule has 9 heteroatoms. The summed E-state index contributed by atoms with van der Waals surface area (Å²) in [5.74, 6) is -3.25. The van der Waals surface area contributed by atoms with E-state index in [9.17, 15) is 19.2 Å². The van der Waals surface area contributed by atoms with E-state index in [1.807, 2.05) is 5.32 Å². The molecular weight excluding hydrogens is 246 g/mol. The molecular formula is C9H15N3O6. The molecule has 0 saturated heterocycles. The number of hydrogen-bond donors (Lipinski definition) is 5. The van der Waals surface area contributed by atoms with Gasteiger partial charge in [0.2, 0.25) is 5.91 Å². The number of carbonyl (C=O) groups excluding carboxylic acids is 2. The van der Waals surface area contributed by atoms with Gasteiger partial charge in [-0.2, -0.15) is 0 Å². The van der Waals surface area contributed by atoms with Crippen LogP contribution in [-0.4, -0.2) is 53.2 Å². The SMILES string of the molecule is CCNC(=O)CNC(=O)NC(CC(=O)O)C(=O)O. The number of carbonyl (C=O) groups is 4. The molecule has 0 rings (SSSR count). The molecule has 0 heterocycles. The number of amides is 3. The minimum absolute atomic E-state index is 0.320. The van der Waals surface area contributed by atoms with Crippen LogP contribution < -0.4 is 16.0 Å². The Hall–Kier alpha value is -2.32. The monoisotopic (exact) mass is 261 g/mol. The number of carboxylic acids is 2. The summed E-state index contributed by atoms with van der Waals surface area (Å²) in [6.45, 7) is 1.78. The fourth-order valence-electron chi connectivity index (χ4n) is 1.00. The molecule has 1 unspecified atom stereocenters. The Morgan fingerprint density at radius 3 is 2.17 bits per heavy atom. The number of carboxylic acid groups (broad SMARTS) is 2. The maximum atomic E-state index is 11.2. The minimum Gasteiger partial charge on any atom is -0.481 e. The van der Waals surface area contributed by atoms with Crippen molar-refractivity contribution in [3.05, 3.63) is 0 Å². The lowest BCUT2D eigenvalue weighted by Crippen LogP contribution is -2.49. The van der Waals surface area contributed by atoms with Gasteiger partial charge in [-0.05, 0) is 6.92 Å². The maximum Gasteiger partial charge on any atom is 0.326 e. The molecule has 0 saturated carbocycles. The quantitative estimate of drug-likeness (QED) is 0.371. The molecule has 9 nitrogen and oxygen atoms in total. The van der Waals surface area contributed by atoms with Crippen molar-refractivity contribution in [3.63, 3.8) is 0 Å². The second-order valence-corrected chi connectivity index (χ2v) is 3.27. The van der Waals surface area contributed by atoms with Crippen molar-refractivity contribution >= 4 is 23.9 Å². The number of likely N-dealkylation sites (N-methyl/N-ethyl adjacent to an activating group) is 1. The molecule has 0 aromatic rings. The molecule has 3 amide bonds. The Balaban J connectivity index is 4.14. The molecule has 0 aromatic heterocycles. The van der Waals surface area contributed by atoms with Gasteiger partial charge in [-0.3, -0.25) is 9.59 Å². The fourth-order valence-corrected chi connectivity index (χ4v) is 1.00. The first-order valence-electron chi connectivity index (χ1n) is 5.12. The van der Waals surface area contributed by atoms with E-state index >= 15 is 0 Å². The molecule has 0 fully saturated rings. The summed E-state index contributed by atoms with van der Waals surface area (Å²) in [4.78, 5) is 43.1. The summed E-state index contributed by atoms with van der Waals surface area (Å²) in [6, 6.07) is -2.47. The molecule has 18 heavy (non-hydrogen) atoms. The van der Waals surface area contributed by atoms with Crippen LogP contribution >= 0.6 is 0 Å². The van der Waals surface area contributed by atoms with Crippen LogP contribution in [0.3, 0.4) is 0 Å². The number of rotatable bonds is 7. The van der Waals surface area contributed by atoms with Crippen molar-refractivity contribution in [1.29, 1.82) is 0 Å². The van der Waals surface area contributed by atoms with Crippen LogP contribution in [0, 0.1) is 0 Å². The minimum atomic E-state index is -1.54. The highest BCUT2D eigenvalue weighted by atomic mass is 16.4. The van der Waals surface area contributed by atoms with Crippen LogP contribution in [0.1, 0.15) is 13.3 Å². The Morgan fingerprint density at radius 1 is 1.11 bits per heavy atom. The lowest BCUT2D eigenvalue weighted by Gasteiger charge is -2.13. The molecule has 0 bridgehead atoms. The van der Waals surface area contributed by atoms with Crippen molar-refractivity contribution in [2.45, 2.75) is 19.4 Å². The molecule has 5 N–H and O–H groups in total. The van der Waals surface area contributed by atoms with E-state index in [-0.39, 0.29) is 6.54 Å². The lowest BCUT2D eigenvalue weighted by atomic mass is 10.2. The van der Waals surface area contributed by atoms with E-state index in [4.69, 9.17) is 10.2 Å². The van der Waals surface area contributed by atoms with Gasteiger partial charge >= 0.3 is 18.0 Å². The van der Waals surface area contributed by atoms with Gasteiger partial charge < -0.3 is 26.2 Å². The summed E-state index contributed by atoms with van der Waals surface area (Å²) < 4.78 is 0. The van der Waals surface area contributed by atoms with Crippen molar-refractivity contribution in [3.8, 4) is 0 Å². The van der Waals surface area contributed by atoms with Crippen molar-refractivity contribution < 1.29 is 29.4 Å². The second-order valence-electron chi connectivity index (χ2n) is 3.27. The molecule has 0 aliphatic heterocycles. The average Bonchev–Trinajstić information content (AvgIpc) is 2.25. The second kappa shape index (κ2) is 7.87. The zero-order chi connectivity index (χ0) is 14.1. The van der Waals surface area contributed by atoms with E-state index in [0.29, 0.717) is 6.54 Å². The van der Waals surface area contributed by atoms with Gasteiger partial charge in [-0.1, -0.05) is 0 Å². The van der Waals surface area contributed by atoms with E-state index in [0.717, 1.165) is 0 Å². The van der Waals surface area contributed by atoms with Gasteiger partial charge in [0.05, 0.1) is 13.0 Å². The van der Waals surface area contributed by atoms with Crippen LogP contribution in [0.25, 0.3) is 0 Å². The maximum absolute atomic E-state index is 11.2. The first kappa shape index (κ1) is 15.7. The Labute approximate surface area is 103 Å². The first-order valence-corrected chi connectivity index (χ1v) is 5.12. The summed E-state index contributed by atoms with van der Waals surface area (Å²) in [5, 5.41) is 23.5. The van der Waals surface area contributed by atoms with Crippen molar-refractivity contribution in [2.75, 3.05) is 13.1 Å². The average molecular weight is 261 g/mol. The molecule has 1 atom stereocenters. The zero-order valence-corrected chi connectivity index (χ0v) is 9.73. The van der Waals surface area contributed by atoms with Crippen molar-refractivity contribution in [2.24, 2.45) is 0 Å². The lowest BCUT2D eigenvalue weighted by molar-refractivity contribution is -0.145. The predicted octanol–water partition coefficient (Wildman–Crippen LogP) is -1.65. The van der Waals surface area contributed by atoms with Gasteiger partial charge in [-0.25, -0.2) is 9.59 Å². The van der Waals surface area contributed by atoms with E-state index < -0.39 is 36.3 Å². The van der Waals surface area contributed by atoms with E-state index in [2.05, 4.69) is 10.6 Å². The third kappa shape index (κ3) is 7.04. The Kier molecular flexibility index (Phi) is 6.86. The van der Waals surface area contributed by atoms with Gasteiger partial charge in [0.15, 0.2) is 0 Å². The fraction of sp³-hybridized carbons (Fsp3) is 0.556. The van der Waals surface area contributed by atoms with Crippen LogP contribution in [-0.2, 0) is 14.4 Å². The highest BCUT2D eigenvalue weighted by molar-refractivity contribution is 5.88. The van der Waals surface area contributed by atoms with Gasteiger partial charge in [0.25, 0.3) is 0 Å². The summed E-state index contributed by atoms with van der Waals surface area (Å²) in [6.07, 6.45) is -0.746. The van der Waals surface area contributed by atoms with Crippen LogP contribution in [0.5, 0.6) is 0 Å². The smallest absolute Gasteiger partial charge is 0.326 e. The standard InChI is InChI=1S/C9H15N3O6/c1-2-10-6(13)4-11-9(18)12-5(8(16)17)3-7(14)15/h5H,2-4H2,1H3,(H,10,13)(H,14,15)(H,16,17)(H2,11,12,18). The van der Waals surface area contributed by atoms with Crippen LogP contribution in [0.15, 0.2) is 0 Å². The summed E-state index contributed by atoms with van der Waals surface area (Å²) >= 11 is 0. The van der Waals surface area contributed by atoms with Gasteiger partial charge in [0, 0.05) is 6.54 Å². The molecule has 0 aliphatic carbocycles. The van der Waals surface area contributed by atoms with Crippen LogP contribution in [0.4, 0.5) is 4.79 Å². The van der Waals surface area contributed by atoms with Gasteiger partial charge in [0.1, 0.15) is 6.04 Å². The number of hydrogen-bond acceptors (Lipinski definition) is 4. The van der Waals surface area contributed by atoms with Gasteiger partial charge in [-0.15, -0.1) is 0 Å². The largest absolute Gasteiger partial charge is 0.481 e. The normalized spacial score (nSPS) is 11.2. The van der Waals surface area contributed by atoms with E-state index in [1.165, 1.54) is 0 Å². The topological polar surface area (TPSA) is 145 Å². The highest BCUT2D eigenvalue weighted by Crippen LogP contribution is 1.92. The third-order valence-corrected chi connectivity index (χ3v) is 1.77. The van der Waals surface area contributed by atoms with Crippen LogP contribution in [0.2, 0.25) is 0 Å². The predicted molar refractivity (Wildman–Crippen MR) is 58.9 cm³/mol. The molecule has 0 spiro atoms. The molecule has 0 aromatic carbocycles. The first-order chi connectivity index (χ1) is 8.36. The van der Waals surface area contributed by atoms with Crippen molar-refractivity contribution in [1.82, 2.24) is 16.0 Å². The number of nitrogens with one attached hydrogen (secondary N) is 3. The Morgan fingerprint density at radius 2 is 1.72 bits per heavy atom. The third-order valence-electron chi connectivity index (χ3n) is 1.77. The molecule has 0 radical (unpaired) electrons. The number of aliphatic carboxylic acids is 2. The number of urea groups is 1. The summed E-state index contributed by atoms with van der Waals surface area (Å²) in [7, 11) is 0. The zero-order valence-electron chi connectivity index (χ0n) is 9.73. The molecule has 0 aliphatic rings. The summed E-state index contributed by atoms with van der Waals surface area (Å²) in [5.41, 5.74) is 0. The highest BCUT2D eigenvalue weighted by Gasteiger charge is 2.22.